The normalized spacial score (nSPS) is 8.36. The van der Waals surface area contributed by atoms with E-state index in [1.54, 1.807) is 0 Å². The number of nitrogens with one attached hydrogen (secondary N) is 1. The van der Waals surface area contributed by atoms with Gasteiger partial charge in [-0.15, -0.1) is 0 Å². The number of carbonyl (C=O) groups excluding carboxylic acids is 1. The molecule has 0 aromatic carbocycles. The van der Waals surface area contributed by atoms with Gasteiger partial charge in [-0.1, -0.05) is 0 Å². The molecule has 0 unspecified atom stereocenters. The number of carboxylic acid groups (broad SMARTS) is 1. The fourth-order valence-electron chi connectivity index (χ4n) is 0.488. The fraction of sp³-hybridized carbons (Fsp3) is 0. The van der Waals surface area contributed by atoms with Crippen molar-refractivity contribution in [1.29, 1.82) is 0 Å². The first-order valence-electron chi connectivity index (χ1n) is 2.47. The van der Waals surface area contributed by atoms with Gasteiger partial charge >= 0.3 is 24.6 Å². The largest absolute Gasteiger partial charge is 1.00 e. The van der Waals surface area contributed by atoms with Crippen LogP contribution in [0.1, 0.15) is 10.5 Å². The maximum absolute atomic E-state index is 10.3. The molecule has 0 atom stereocenters. The first-order chi connectivity index (χ1) is 4.70. The van der Waals surface area contributed by atoms with Gasteiger partial charge in [0.25, 0.3) is 0 Å². The summed E-state index contributed by atoms with van der Waals surface area (Å²) in [6.45, 7) is 0. The number of H-pyrrole nitrogens is 1. The summed E-state index contributed by atoms with van der Waals surface area (Å²) in [5.41, 5.74) is -0.957. The van der Waals surface area contributed by atoms with E-state index in [2.05, 4.69) is 4.98 Å². The van der Waals surface area contributed by atoms with E-state index in [1.807, 2.05) is 4.98 Å². The molecule has 5 nitrogen and oxygen atoms in total. The molecule has 0 aliphatic carbocycles. The van der Waals surface area contributed by atoms with Crippen molar-refractivity contribution < 1.29 is 28.8 Å². The van der Waals surface area contributed by atoms with Crippen LogP contribution in [0.3, 0.4) is 0 Å². The van der Waals surface area contributed by atoms with Gasteiger partial charge in [-0.25, -0.2) is 9.78 Å². The summed E-state index contributed by atoms with van der Waals surface area (Å²) >= 11 is 0. The van der Waals surface area contributed by atoms with E-state index in [0.717, 1.165) is 12.3 Å². The summed E-state index contributed by atoms with van der Waals surface area (Å²) in [5.74, 6) is -1.42. The van der Waals surface area contributed by atoms with E-state index in [4.69, 9.17) is 0 Å². The fourth-order valence-corrected chi connectivity index (χ4v) is 0.488. The predicted octanol–water partition coefficient (Wildman–Crippen LogP) is -4.86. The summed E-state index contributed by atoms with van der Waals surface area (Å²) in [6.07, 6.45) is 1.10. The quantitative estimate of drug-likeness (QED) is 0.402. The molecule has 11 heavy (non-hydrogen) atoms. The minimum absolute atomic E-state index is 0. The summed E-state index contributed by atoms with van der Waals surface area (Å²) < 4.78 is 0. The van der Waals surface area contributed by atoms with Gasteiger partial charge < -0.3 is 14.9 Å². The van der Waals surface area contributed by atoms with Gasteiger partial charge in [-0.2, -0.15) is 0 Å². The second kappa shape index (κ2) is 3.96. The molecular formula is C5H3LiN2O3. The third-order valence-electron chi connectivity index (χ3n) is 0.895. The van der Waals surface area contributed by atoms with Gasteiger partial charge in [0.05, 0.1) is 11.7 Å². The van der Waals surface area contributed by atoms with Crippen LogP contribution in [-0.2, 0) is 0 Å². The molecule has 0 spiro atoms. The molecule has 52 valence electrons. The number of aromatic carboxylic acids is 1. The second-order valence-electron chi connectivity index (χ2n) is 1.58. The maximum atomic E-state index is 10.3. The van der Waals surface area contributed by atoms with E-state index in [9.17, 15) is 14.7 Å². The van der Waals surface area contributed by atoms with Crippen LogP contribution in [0.5, 0.6) is 0 Å². The molecule has 0 saturated carbocycles. The van der Waals surface area contributed by atoms with Crippen molar-refractivity contribution in [3.63, 3.8) is 0 Å². The number of carbonyl (C=O) groups is 1. The number of aromatic amines is 1. The standard InChI is InChI=1S/C5H4N2O3.Li/c8-4(9)3-1-2-6-5(10)7-3;/h1-2H,(H,8,9)(H,6,7,10);/q;+1/p-1. The van der Waals surface area contributed by atoms with Gasteiger partial charge in [-0.3, -0.25) is 0 Å². The third kappa shape index (κ3) is 2.58. The molecule has 0 fully saturated rings. The number of nitrogens with zero attached hydrogens (tertiary/aromatic N) is 1. The number of carboxylic acids is 1. The molecule has 0 bridgehead atoms. The predicted molar refractivity (Wildman–Crippen MR) is 29.2 cm³/mol. The van der Waals surface area contributed by atoms with Gasteiger partial charge in [0.15, 0.2) is 0 Å². The van der Waals surface area contributed by atoms with Crippen molar-refractivity contribution in [1.82, 2.24) is 9.97 Å². The van der Waals surface area contributed by atoms with Crippen molar-refractivity contribution in [2.24, 2.45) is 0 Å². The molecule has 1 aromatic rings. The van der Waals surface area contributed by atoms with Crippen molar-refractivity contribution in [2.75, 3.05) is 0 Å². The molecule has 0 aliphatic rings. The van der Waals surface area contributed by atoms with E-state index < -0.39 is 11.7 Å². The van der Waals surface area contributed by atoms with Crippen LogP contribution >= 0.6 is 0 Å². The van der Waals surface area contributed by atoms with Gasteiger partial charge in [0.1, 0.15) is 0 Å². The van der Waals surface area contributed by atoms with E-state index in [1.165, 1.54) is 0 Å². The van der Waals surface area contributed by atoms with Crippen LogP contribution in [-0.4, -0.2) is 15.9 Å². The zero-order valence-corrected chi connectivity index (χ0v) is 5.83. The van der Waals surface area contributed by atoms with Crippen LogP contribution in [0.4, 0.5) is 0 Å². The number of rotatable bonds is 1. The average Bonchev–Trinajstić information content (AvgIpc) is 1.88. The van der Waals surface area contributed by atoms with Crippen LogP contribution < -0.4 is 29.7 Å². The molecule has 1 heterocycles. The summed E-state index contributed by atoms with van der Waals surface area (Å²) in [4.78, 5) is 25.6. The third-order valence-corrected chi connectivity index (χ3v) is 0.895. The smallest absolute Gasteiger partial charge is 0.543 e. The van der Waals surface area contributed by atoms with Gasteiger partial charge in [0.2, 0.25) is 0 Å². The minimum Gasteiger partial charge on any atom is -0.543 e. The summed E-state index contributed by atoms with van der Waals surface area (Å²) in [7, 11) is 0. The Kier molecular flexibility index (Phi) is 3.58. The van der Waals surface area contributed by atoms with Crippen molar-refractivity contribution in [3.8, 4) is 0 Å². The van der Waals surface area contributed by atoms with Crippen LogP contribution in [0, 0.1) is 0 Å². The van der Waals surface area contributed by atoms with Crippen molar-refractivity contribution in [2.45, 2.75) is 0 Å². The molecule has 1 rings (SSSR count). The van der Waals surface area contributed by atoms with Crippen LogP contribution in [0.25, 0.3) is 0 Å². The molecule has 0 saturated heterocycles. The van der Waals surface area contributed by atoms with E-state index in [-0.39, 0.29) is 24.6 Å². The van der Waals surface area contributed by atoms with E-state index >= 15 is 0 Å². The Morgan fingerprint density at radius 3 is 2.64 bits per heavy atom. The number of hydrogen-bond acceptors (Lipinski definition) is 4. The molecule has 6 heteroatoms. The number of hydrogen-bond donors (Lipinski definition) is 1. The molecule has 1 aromatic heterocycles. The number of aromatic nitrogens is 2. The molecule has 0 radical (unpaired) electrons. The average molecular weight is 146 g/mol. The minimum atomic E-state index is -1.42. The van der Waals surface area contributed by atoms with Crippen molar-refractivity contribution in [3.05, 3.63) is 28.4 Å². The summed E-state index contributed by atoms with van der Waals surface area (Å²) in [6, 6.07) is 1.15. The monoisotopic (exact) mass is 146 g/mol. The van der Waals surface area contributed by atoms with Crippen molar-refractivity contribution >= 4 is 5.97 Å². The molecule has 0 amide bonds. The maximum Gasteiger partial charge on any atom is 1.00 e. The first-order valence-corrected chi connectivity index (χ1v) is 2.47. The molecule has 0 aliphatic heterocycles. The Balaban J connectivity index is 0.000001000. The zero-order valence-electron chi connectivity index (χ0n) is 5.83. The van der Waals surface area contributed by atoms with Crippen LogP contribution in [0.2, 0.25) is 0 Å². The van der Waals surface area contributed by atoms with Gasteiger partial charge in [-0.05, 0) is 6.07 Å². The SMILES string of the molecule is O=C([O-])c1ccnc(=O)[nH]1.[Li+]. The van der Waals surface area contributed by atoms with Gasteiger partial charge in [0, 0.05) is 6.20 Å². The molecule has 1 N–H and O–H groups in total. The Morgan fingerprint density at radius 2 is 2.27 bits per heavy atom. The second-order valence-corrected chi connectivity index (χ2v) is 1.58. The Hall–Kier alpha value is -1.05. The Labute approximate surface area is 73.7 Å². The summed E-state index contributed by atoms with van der Waals surface area (Å²) in [5, 5.41) is 10.0. The zero-order chi connectivity index (χ0) is 7.56. The van der Waals surface area contributed by atoms with Crippen LogP contribution in [0.15, 0.2) is 17.1 Å². The first kappa shape index (κ1) is 9.95. The Morgan fingerprint density at radius 1 is 1.64 bits per heavy atom. The van der Waals surface area contributed by atoms with E-state index in [0.29, 0.717) is 0 Å². The Bertz CT molecular complexity index is 309. The molecular weight excluding hydrogens is 143 g/mol. The topological polar surface area (TPSA) is 85.9 Å².